The third-order valence-corrected chi connectivity index (χ3v) is 2.34. The number of benzene rings is 1. The van der Waals surface area contributed by atoms with Crippen molar-refractivity contribution in [3.05, 3.63) is 45.6 Å². The predicted molar refractivity (Wildman–Crippen MR) is 64.9 cm³/mol. The van der Waals surface area contributed by atoms with E-state index in [1.165, 1.54) is 12.1 Å². The zero-order valence-corrected chi connectivity index (χ0v) is 9.28. The number of nitro groups is 1. The number of thiocarbonyl (C=S) groups is 1. The predicted octanol–water partition coefficient (Wildman–Crippen LogP) is 0.940. The molecule has 0 spiro atoms. The molecule has 2 rings (SSSR count). The van der Waals surface area contributed by atoms with Gasteiger partial charge < -0.3 is 5.32 Å². The minimum Gasteiger partial charge on any atom is -0.328 e. The summed E-state index contributed by atoms with van der Waals surface area (Å²) in [7, 11) is 0. The Hall–Kier alpha value is -2.28. The lowest BCUT2D eigenvalue weighted by molar-refractivity contribution is -0.384. The first-order chi connectivity index (χ1) is 8.06. The van der Waals surface area contributed by atoms with E-state index >= 15 is 0 Å². The van der Waals surface area contributed by atoms with Crippen LogP contribution >= 0.6 is 12.2 Å². The molecule has 6 nitrogen and oxygen atoms in total. The van der Waals surface area contributed by atoms with Crippen molar-refractivity contribution in [3.63, 3.8) is 0 Å². The topological polar surface area (TPSA) is 84.3 Å². The molecule has 1 amide bonds. The van der Waals surface area contributed by atoms with Gasteiger partial charge in [0, 0.05) is 12.1 Å². The fourth-order valence-corrected chi connectivity index (χ4v) is 1.54. The molecule has 1 aliphatic rings. The Labute approximate surface area is 101 Å². The van der Waals surface area contributed by atoms with Crippen molar-refractivity contribution in [1.82, 2.24) is 10.6 Å². The van der Waals surface area contributed by atoms with Crippen molar-refractivity contribution in [2.24, 2.45) is 0 Å². The highest BCUT2D eigenvalue weighted by Crippen LogP contribution is 2.14. The lowest BCUT2D eigenvalue weighted by Gasteiger charge is -1.96. The Kier molecular flexibility index (Phi) is 2.84. The van der Waals surface area contributed by atoms with Gasteiger partial charge >= 0.3 is 0 Å². The monoisotopic (exact) mass is 249 g/mol. The molecule has 0 aliphatic carbocycles. The number of non-ortho nitro benzene ring substituents is 1. The Morgan fingerprint density at radius 1 is 1.24 bits per heavy atom. The van der Waals surface area contributed by atoms with Crippen LogP contribution in [0.3, 0.4) is 0 Å². The first-order valence-corrected chi connectivity index (χ1v) is 5.05. The average Bonchev–Trinajstić information content (AvgIpc) is 2.58. The molecular weight excluding hydrogens is 242 g/mol. The zero-order chi connectivity index (χ0) is 12.4. The number of nitro benzene ring substituents is 1. The number of rotatable bonds is 2. The highest BCUT2D eigenvalue weighted by atomic mass is 32.1. The minimum absolute atomic E-state index is 0.00602. The summed E-state index contributed by atoms with van der Waals surface area (Å²) >= 11 is 4.77. The molecule has 86 valence electrons. The molecule has 7 heteroatoms. The normalized spacial score (nSPS) is 16.8. The van der Waals surface area contributed by atoms with Crippen LogP contribution < -0.4 is 10.6 Å². The van der Waals surface area contributed by atoms with Gasteiger partial charge in [-0.15, -0.1) is 0 Å². The Morgan fingerprint density at radius 3 is 2.35 bits per heavy atom. The van der Waals surface area contributed by atoms with Crippen LogP contribution in [0.5, 0.6) is 0 Å². The number of hydrogen-bond donors (Lipinski definition) is 2. The van der Waals surface area contributed by atoms with Crippen molar-refractivity contribution < 1.29 is 9.72 Å². The maximum atomic E-state index is 11.3. The summed E-state index contributed by atoms with van der Waals surface area (Å²) < 4.78 is 0. The van der Waals surface area contributed by atoms with E-state index in [0.717, 1.165) is 0 Å². The van der Waals surface area contributed by atoms with Gasteiger partial charge in [0.25, 0.3) is 11.6 Å². The van der Waals surface area contributed by atoms with Crippen LogP contribution in [-0.4, -0.2) is 15.9 Å². The first kappa shape index (κ1) is 11.2. The lowest BCUT2D eigenvalue weighted by Crippen LogP contribution is -2.21. The average molecular weight is 249 g/mol. The number of nitrogens with zero attached hydrogens (tertiary/aromatic N) is 1. The molecular formula is C10H7N3O3S. The molecule has 17 heavy (non-hydrogen) atoms. The Balaban J connectivity index is 2.24. The van der Waals surface area contributed by atoms with Crippen molar-refractivity contribution in [3.8, 4) is 0 Å². The maximum Gasteiger partial charge on any atom is 0.273 e. The number of nitrogens with one attached hydrogen (secondary N) is 2. The summed E-state index contributed by atoms with van der Waals surface area (Å²) in [6.45, 7) is 0. The van der Waals surface area contributed by atoms with Gasteiger partial charge in [-0.05, 0) is 36.0 Å². The third-order valence-electron chi connectivity index (χ3n) is 2.13. The van der Waals surface area contributed by atoms with E-state index in [1.54, 1.807) is 18.2 Å². The highest BCUT2D eigenvalue weighted by Gasteiger charge is 2.19. The molecule has 0 aromatic heterocycles. The number of hydrogen-bond acceptors (Lipinski definition) is 4. The third kappa shape index (κ3) is 2.45. The van der Waals surface area contributed by atoms with Crippen LogP contribution in [0, 0.1) is 10.1 Å². The minimum atomic E-state index is -0.480. The summed E-state index contributed by atoms with van der Waals surface area (Å²) in [4.78, 5) is 21.3. The maximum absolute atomic E-state index is 11.3. The molecule has 0 radical (unpaired) electrons. The summed E-state index contributed by atoms with van der Waals surface area (Å²) in [6.07, 6.45) is 1.57. The van der Waals surface area contributed by atoms with E-state index in [-0.39, 0.29) is 16.7 Å². The van der Waals surface area contributed by atoms with E-state index in [0.29, 0.717) is 11.3 Å². The molecule has 1 aromatic carbocycles. The second-order valence-corrected chi connectivity index (χ2v) is 3.72. The van der Waals surface area contributed by atoms with Crippen LogP contribution in [-0.2, 0) is 4.79 Å². The largest absolute Gasteiger partial charge is 0.328 e. The molecule has 1 aliphatic heterocycles. The van der Waals surface area contributed by atoms with Crippen molar-refractivity contribution >= 4 is 35.0 Å². The first-order valence-electron chi connectivity index (χ1n) is 4.65. The molecule has 0 atom stereocenters. The summed E-state index contributed by atoms with van der Waals surface area (Å²) in [5, 5.41) is 15.8. The molecule has 0 unspecified atom stereocenters. The zero-order valence-electron chi connectivity index (χ0n) is 8.47. The summed E-state index contributed by atoms with van der Waals surface area (Å²) in [5.41, 5.74) is 1.01. The van der Waals surface area contributed by atoms with Gasteiger partial charge in [0.1, 0.15) is 5.70 Å². The summed E-state index contributed by atoms with van der Waals surface area (Å²) in [6, 6.07) is 5.86. The highest BCUT2D eigenvalue weighted by molar-refractivity contribution is 7.80. The molecule has 1 fully saturated rings. The van der Waals surface area contributed by atoms with Gasteiger partial charge in [-0.3, -0.25) is 20.2 Å². The van der Waals surface area contributed by atoms with Gasteiger partial charge in [0.15, 0.2) is 5.11 Å². The standard InChI is InChI=1S/C10H7N3O3S/c14-9-8(11-10(17)12-9)5-6-1-3-7(4-2-6)13(15)16/h1-5H,(H2,11,12,14,17)/b8-5-. The Morgan fingerprint density at radius 2 is 1.88 bits per heavy atom. The molecule has 1 heterocycles. The van der Waals surface area contributed by atoms with E-state index < -0.39 is 4.92 Å². The van der Waals surface area contributed by atoms with Crippen LogP contribution in [0.25, 0.3) is 6.08 Å². The van der Waals surface area contributed by atoms with E-state index in [9.17, 15) is 14.9 Å². The van der Waals surface area contributed by atoms with Crippen molar-refractivity contribution in [2.45, 2.75) is 0 Å². The fourth-order valence-electron chi connectivity index (χ4n) is 1.34. The molecule has 1 saturated heterocycles. The van der Waals surface area contributed by atoms with E-state index in [4.69, 9.17) is 12.2 Å². The quantitative estimate of drug-likeness (QED) is 0.352. The number of carbonyl (C=O) groups excluding carboxylic acids is 1. The summed E-state index contributed by atoms with van der Waals surface area (Å²) in [5.74, 6) is -0.312. The van der Waals surface area contributed by atoms with Gasteiger partial charge in [-0.2, -0.15) is 0 Å². The van der Waals surface area contributed by atoms with E-state index in [1.807, 2.05) is 0 Å². The molecule has 0 bridgehead atoms. The van der Waals surface area contributed by atoms with Crippen LogP contribution in [0.1, 0.15) is 5.56 Å². The second kappa shape index (κ2) is 4.30. The lowest BCUT2D eigenvalue weighted by atomic mass is 10.2. The molecule has 1 aromatic rings. The number of amides is 1. The molecule has 2 N–H and O–H groups in total. The van der Waals surface area contributed by atoms with Gasteiger partial charge in [-0.1, -0.05) is 0 Å². The van der Waals surface area contributed by atoms with Crippen molar-refractivity contribution in [1.29, 1.82) is 0 Å². The Bertz CT molecular complexity index is 536. The van der Waals surface area contributed by atoms with Crippen LogP contribution in [0.2, 0.25) is 0 Å². The SMILES string of the molecule is O=C1NC(=S)N/C1=C\c1ccc([N+](=O)[O-])cc1. The van der Waals surface area contributed by atoms with Crippen LogP contribution in [0.15, 0.2) is 30.0 Å². The molecule has 0 saturated carbocycles. The van der Waals surface area contributed by atoms with Crippen molar-refractivity contribution in [2.75, 3.05) is 0 Å². The van der Waals surface area contributed by atoms with Crippen LogP contribution in [0.4, 0.5) is 5.69 Å². The van der Waals surface area contributed by atoms with Gasteiger partial charge in [-0.25, -0.2) is 0 Å². The van der Waals surface area contributed by atoms with Gasteiger partial charge in [0.2, 0.25) is 0 Å². The van der Waals surface area contributed by atoms with Gasteiger partial charge in [0.05, 0.1) is 4.92 Å². The number of carbonyl (C=O) groups is 1. The fraction of sp³-hybridized carbons (Fsp3) is 0. The van der Waals surface area contributed by atoms with E-state index in [2.05, 4.69) is 10.6 Å². The second-order valence-electron chi connectivity index (χ2n) is 3.31. The smallest absolute Gasteiger partial charge is 0.273 e.